The SMILES string of the molecule is COc1ccccc1CNC(=O)C1=C(O)C2=CCCCC2N=C1. The van der Waals surface area contributed by atoms with Crippen LogP contribution in [-0.2, 0) is 11.3 Å². The van der Waals surface area contributed by atoms with Gasteiger partial charge in [-0.25, -0.2) is 0 Å². The van der Waals surface area contributed by atoms with E-state index in [2.05, 4.69) is 10.3 Å². The molecule has 0 spiro atoms. The molecule has 0 fully saturated rings. The van der Waals surface area contributed by atoms with Crippen LogP contribution >= 0.6 is 0 Å². The molecule has 1 aliphatic heterocycles. The van der Waals surface area contributed by atoms with Crippen molar-refractivity contribution in [2.75, 3.05) is 7.11 Å². The van der Waals surface area contributed by atoms with Gasteiger partial charge < -0.3 is 15.2 Å². The Morgan fingerprint density at radius 3 is 3.09 bits per heavy atom. The summed E-state index contributed by atoms with van der Waals surface area (Å²) < 4.78 is 5.27. The maximum atomic E-state index is 12.4. The Labute approximate surface area is 135 Å². The number of methoxy groups -OCH3 is 1. The molecule has 0 saturated heterocycles. The van der Waals surface area contributed by atoms with Crippen LogP contribution in [0.2, 0.25) is 0 Å². The molecule has 1 aromatic carbocycles. The highest BCUT2D eigenvalue weighted by Crippen LogP contribution is 2.30. The van der Waals surface area contributed by atoms with Crippen molar-refractivity contribution in [1.82, 2.24) is 5.32 Å². The summed E-state index contributed by atoms with van der Waals surface area (Å²) in [5.74, 6) is 0.447. The van der Waals surface area contributed by atoms with Crippen molar-refractivity contribution in [2.45, 2.75) is 31.8 Å². The lowest BCUT2D eigenvalue weighted by Gasteiger charge is -2.24. The molecule has 2 N–H and O–H groups in total. The number of para-hydroxylation sites is 1. The quantitative estimate of drug-likeness (QED) is 0.898. The van der Waals surface area contributed by atoms with Crippen LogP contribution in [0.1, 0.15) is 24.8 Å². The van der Waals surface area contributed by atoms with Crippen molar-refractivity contribution in [1.29, 1.82) is 0 Å². The number of nitrogens with one attached hydrogen (secondary N) is 1. The highest BCUT2D eigenvalue weighted by atomic mass is 16.5. The van der Waals surface area contributed by atoms with E-state index in [0.717, 1.165) is 36.1 Å². The van der Waals surface area contributed by atoms with Crippen LogP contribution in [-0.4, -0.2) is 30.4 Å². The average Bonchev–Trinajstić information content (AvgIpc) is 2.60. The normalized spacial score (nSPS) is 19.9. The molecule has 0 aromatic heterocycles. The molecule has 1 amide bonds. The number of hydrogen-bond donors (Lipinski definition) is 2. The Kier molecular flexibility index (Phi) is 4.46. The van der Waals surface area contributed by atoms with Crippen molar-refractivity contribution in [3.63, 3.8) is 0 Å². The summed E-state index contributed by atoms with van der Waals surface area (Å²) in [5.41, 5.74) is 1.89. The topological polar surface area (TPSA) is 70.9 Å². The zero-order valence-electron chi connectivity index (χ0n) is 13.1. The van der Waals surface area contributed by atoms with Gasteiger partial charge in [-0.3, -0.25) is 9.79 Å². The van der Waals surface area contributed by atoms with Gasteiger partial charge in [-0.1, -0.05) is 24.3 Å². The molecule has 0 radical (unpaired) electrons. The molecule has 0 saturated carbocycles. The molecule has 120 valence electrons. The number of amides is 1. The molecular formula is C18H20N2O3. The van der Waals surface area contributed by atoms with E-state index < -0.39 is 0 Å². The number of rotatable bonds is 4. The third-order valence-electron chi connectivity index (χ3n) is 4.19. The van der Waals surface area contributed by atoms with Crippen LogP contribution in [0.3, 0.4) is 0 Å². The predicted molar refractivity (Wildman–Crippen MR) is 88.7 cm³/mol. The van der Waals surface area contributed by atoms with Crippen molar-refractivity contribution in [3.8, 4) is 5.75 Å². The first-order chi connectivity index (χ1) is 11.2. The van der Waals surface area contributed by atoms with Gasteiger partial charge in [0.2, 0.25) is 0 Å². The minimum Gasteiger partial charge on any atom is -0.507 e. The maximum absolute atomic E-state index is 12.4. The number of fused-ring (bicyclic) bond motifs is 1. The Balaban J connectivity index is 1.73. The standard InChI is InChI=1S/C18H20N2O3/c1-23-16-9-5-2-6-12(16)10-20-18(22)14-11-19-15-8-4-3-7-13(15)17(14)21/h2,5-7,9,11,15,21H,3-4,8,10H2,1H3,(H,20,22). The second-order valence-corrected chi connectivity index (χ2v) is 5.64. The van der Waals surface area contributed by atoms with E-state index in [4.69, 9.17) is 4.74 Å². The number of hydrogen-bond acceptors (Lipinski definition) is 4. The summed E-state index contributed by atoms with van der Waals surface area (Å²) >= 11 is 0. The Hall–Kier alpha value is -2.56. The summed E-state index contributed by atoms with van der Waals surface area (Å²) in [6, 6.07) is 7.50. The zero-order chi connectivity index (χ0) is 16.2. The number of allylic oxidation sites excluding steroid dienone is 1. The van der Waals surface area contributed by atoms with Gasteiger partial charge in [-0.2, -0.15) is 0 Å². The second-order valence-electron chi connectivity index (χ2n) is 5.64. The van der Waals surface area contributed by atoms with Gasteiger partial charge >= 0.3 is 0 Å². The van der Waals surface area contributed by atoms with Crippen molar-refractivity contribution in [2.24, 2.45) is 4.99 Å². The van der Waals surface area contributed by atoms with E-state index in [1.807, 2.05) is 30.3 Å². The molecule has 2 aliphatic rings. The average molecular weight is 312 g/mol. The van der Waals surface area contributed by atoms with Gasteiger partial charge in [0.05, 0.1) is 18.7 Å². The van der Waals surface area contributed by atoms with E-state index >= 15 is 0 Å². The Morgan fingerprint density at radius 1 is 1.43 bits per heavy atom. The van der Waals surface area contributed by atoms with Crippen molar-refractivity contribution < 1.29 is 14.6 Å². The number of carbonyl (C=O) groups excluding carboxylic acids is 1. The summed E-state index contributed by atoms with van der Waals surface area (Å²) in [4.78, 5) is 16.8. The van der Waals surface area contributed by atoms with Crippen LogP contribution in [0, 0.1) is 0 Å². The number of ether oxygens (including phenoxy) is 1. The van der Waals surface area contributed by atoms with Gasteiger partial charge in [-0.05, 0) is 25.3 Å². The first-order valence-corrected chi connectivity index (χ1v) is 7.77. The van der Waals surface area contributed by atoms with Crippen LogP contribution < -0.4 is 10.1 Å². The van der Waals surface area contributed by atoms with Gasteiger partial charge in [0, 0.05) is 23.9 Å². The highest BCUT2D eigenvalue weighted by molar-refractivity contribution is 6.13. The fourth-order valence-electron chi connectivity index (χ4n) is 2.94. The molecule has 3 rings (SSSR count). The van der Waals surface area contributed by atoms with E-state index in [-0.39, 0.29) is 23.3 Å². The van der Waals surface area contributed by atoms with E-state index in [1.165, 1.54) is 6.21 Å². The minimum atomic E-state index is -0.331. The third kappa shape index (κ3) is 3.13. The number of aliphatic hydroxyl groups excluding tert-OH is 1. The van der Waals surface area contributed by atoms with Crippen LogP contribution in [0.15, 0.2) is 52.2 Å². The monoisotopic (exact) mass is 312 g/mol. The first-order valence-electron chi connectivity index (χ1n) is 7.77. The Bertz CT molecular complexity index is 704. The summed E-state index contributed by atoms with van der Waals surface area (Å²) in [6.45, 7) is 0.329. The lowest BCUT2D eigenvalue weighted by molar-refractivity contribution is -0.117. The van der Waals surface area contributed by atoms with Crippen LogP contribution in [0.5, 0.6) is 5.75 Å². The molecular weight excluding hydrogens is 292 g/mol. The number of aliphatic imine (C=N–C) groups is 1. The molecule has 1 heterocycles. The fourth-order valence-corrected chi connectivity index (χ4v) is 2.94. The summed E-state index contributed by atoms with van der Waals surface area (Å²) in [5, 5.41) is 13.2. The highest BCUT2D eigenvalue weighted by Gasteiger charge is 2.27. The van der Waals surface area contributed by atoms with E-state index in [0.29, 0.717) is 6.54 Å². The smallest absolute Gasteiger partial charge is 0.256 e. The van der Waals surface area contributed by atoms with Gasteiger partial charge in [0.1, 0.15) is 11.5 Å². The van der Waals surface area contributed by atoms with Crippen LogP contribution in [0.25, 0.3) is 0 Å². The first kappa shape index (κ1) is 15.3. The van der Waals surface area contributed by atoms with Gasteiger partial charge in [-0.15, -0.1) is 0 Å². The molecule has 5 heteroatoms. The van der Waals surface area contributed by atoms with Gasteiger partial charge in [0.15, 0.2) is 0 Å². The molecule has 1 unspecified atom stereocenters. The van der Waals surface area contributed by atoms with E-state index in [1.54, 1.807) is 7.11 Å². The summed E-state index contributed by atoms with van der Waals surface area (Å²) in [6.07, 6.45) is 6.37. The number of aliphatic hydroxyl groups is 1. The third-order valence-corrected chi connectivity index (χ3v) is 4.19. The van der Waals surface area contributed by atoms with E-state index in [9.17, 15) is 9.90 Å². The molecule has 1 aromatic rings. The van der Waals surface area contributed by atoms with Crippen LogP contribution in [0.4, 0.5) is 0 Å². The second kappa shape index (κ2) is 6.69. The lowest BCUT2D eigenvalue weighted by Crippen LogP contribution is -2.30. The molecule has 23 heavy (non-hydrogen) atoms. The predicted octanol–water partition coefficient (Wildman–Crippen LogP) is 2.69. The summed E-state index contributed by atoms with van der Waals surface area (Å²) in [7, 11) is 1.60. The number of dihydropyridines is 1. The fraction of sp³-hybridized carbons (Fsp3) is 0.333. The van der Waals surface area contributed by atoms with Crippen molar-refractivity contribution in [3.05, 3.63) is 52.8 Å². The number of nitrogens with zero attached hydrogens (tertiary/aromatic N) is 1. The number of benzene rings is 1. The Morgan fingerprint density at radius 2 is 2.26 bits per heavy atom. The largest absolute Gasteiger partial charge is 0.507 e. The maximum Gasteiger partial charge on any atom is 0.256 e. The minimum absolute atomic E-state index is 0.00508. The van der Waals surface area contributed by atoms with Crippen molar-refractivity contribution >= 4 is 12.1 Å². The zero-order valence-corrected chi connectivity index (χ0v) is 13.1. The van der Waals surface area contributed by atoms with Gasteiger partial charge in [0.25, 0.3) is 5.91 Å². The molecule has 1 atom stereocenters. The number of carbonyl (C=O) groups is 1. The molecule has 5 nitrogen and oxygen atoms in total. The lowest BCUT2D eigenvalue weighted by atomic mass is 9.89. The molecule has 0 bridgehead atoms. The molecule has 1 aliphatic carbocycles.